The van der Waals surface area contributed by atoms with Gasteiger partial charge in [0.05, 0.1) is 6.10 Å². The second-order valence-corrected chi connectivity index (χ2v) is 7.75. The molecule has 0 spiro atoms. The van der Waals surface area contributed by atoms with Gasteiger partial charge in [0.25, 0.3) is 0 Å². The molecule has 0 aliphatic rings. The molecule has 3 N–H and O–H groups in total. The summed E-state index contributed by atoms with van der Waals surface area (Å²) in [6.45, 7) is 13.9. The van der Waals surface area contributed by atoms with Crippen molar-refractivity contribution < 1.29 is 14.3 Å². The number of alkyl carbamates (subject to hydrolysis) is 1. The fourth-order valence-corrected chi connectivity index (χ4v) is 1.95. The van der Waals surface area contributed by atoms with Crippen molar-refractivity contribution in [3.63, 3.8) is 0 Å². The number of aliphatic imine (C=N–C) groups is 1. The highest BCUT2D eigenvalue weighted by Crippen LogP contribution is 2.20. The van der Waals surface area contributed by atoms with Gasteiger partial charge in [-0.25, -0.2) is 4.79 Å². The van der Waals surface area contributed by atoms with Gasteiger partial charge in [0.1, 0.15) is 5.60 Å². The normalized spacial score (nSPS) is 13.5. The van der Waals surface area contributed by atoms with Crippen molar-refractivity contribution in [3.05, 3.63) is 0 Å². The zero-order valence-electron chi connectivity index (χ0n) is 17.0. The van der Waals surface area contributed by atoms with Crippen molar-refractivity contribution >= 4 is 36.0 Å². The van der Waals surface area contributed by atoms with Gasteiger partial charge in [-0.3, -0.25) is 4.99 Å². The van der Waals surface area contributed by atoms with Gasteiger partial charge in [0, 0.05) is 33.8 Å². The van der Waals surface area contributed by atoms with E-state index in [4.69, 9.17) is 9.47 Å². The third-order valence-corrected chi connectivity index (χ3v) is 3.24. The van der Waals surface area contributed by atoms with E-state index in [2.05, 4.69) is 41.7 Å². The summed E-state index contributed by atoms with van der Waals surface area (Å²) in [5.41, 5.74) is -0.419. The number of carbonyl (C=O) groups excluding carboxylic acids is 1. The second-order valence-electron chi connectivity index (χ2n) is 7.75. The lowest BCUT2D eigenvalue weighted by molar-refractivity contribution is 0.0205. The predicted molar refractivity (Wildman–Crippen MR) is 114 cm³/mol. The number of guanidine groups is 1. The quantitative estimate of drug-likeness (QED) is 0.230. The Balaban J connectivity index is 0. The van der Waals surface area contributed by atoms with Gasteiger partial charge in [0.2, 0.25) is 0 Å². The van der Waals surface area contributed by atoms with Crippen LogP contribution < -0.4 is 16.0 Å². The summed E-state index contributed by atoms with van der Waals surface area (Å²) in [6, 6.07) is 0. The molecule has 150 valence electrons. The van der Waals surface area contributed by atoms with Crippen LogP contribution in [0.2, 0.25) is 0 Å². The average Bonchev–Trinajstić information content (AvgIpc) is 2.41. The number of nitrogens with one attached hydrogen (secondary N) is 3. The molecule has 1 atom stereocenters. The molecule has 7 nitrogen and oxygen atoms in total. The first kappa shape index (κ1) is 26.5. The molecule has 0 aromatic heterocycles. The van der Waals surface area contributed by atoms with Crippen LogP contribution in [0.25, 0.3) is 0 Å². The molecule has 0 aromatic carbocycles. The topological polar surface area (TPSA) is 84.0 Å². The van der Waals surface area contributed by atoms with Crippen LogP contribution in [0.15, 0.2) is 4.99 Å². The molecule has 25 heavy (non-hydrogen) atoms. The van der Waals surface area contributed by atoms with Crippen molar-refractivity contribution in [2.24, 2.45) is 10.4 Å². The van der Waals surface area contributed by atoms with Crippen LogP contribution in [0.4, 0.5) is 4.79 Å². The van der Waals surface area contributed by atoms with Crippen molar-refractivity contribution in [1.82, 2.24) is 16.0 Å². The Morgan fingerprint density at radius 2 is 1.60 bits per heavy atom. The number of methoxy groups -OCH3 is 1. The van der Waals surface area contributed by atoms with E-state index < -0.39 is 11.7 Å². The van der Waals surface area contributed by atoms with Crippen LogP contribution in [-0.4, -0.2) is 57.5 Å². The first-order valence-electron chi connectivity index (χ1n) is 8.43. The maximum atomic E-state index is 11.5. The van der Waals surface area contributed by atoms with E-state index in [-0.39, 0.29) is 35.5 Å². The summed E-state index contributed by atoms with van der Waals surface area (Å²) in [4.78, 5) is 15.7. The van der Waals surface area contributed by atoms with Gasteiger partial charge in [-0.05, 0) is 32.6 Å². The van der Waals surface area contributed by atoms with E-state index in [9.17, 15) is 4.79 Å². The highest BCUT2D eigenvalue weighted by Gasteiger charge is 2.24. The van der Waals surface area contributed by atoms with Crippen molar-refractivity contribution in [1.29, 1.82) is 0 Å². The predicted octanol–water partition coefficient (Wildman–Crippen LogP) is 2.75. The van der Waals surface area contributed by atoms with Crippen LogP contribution in [0, 0.1) is 5.41 Å². The minimum Gasteiger partial charge on any atom is -0.444 e. The maximum absolute atomic E-state index is 11.5. The molecule has 0 heterocycles. The summed E-state index contributed by atoms with van der Waals surface area (Å²) < 4.78 is 10.7. The molecule has 8 heteroatoms. The Hall–Kier alpha value is -0.770. The van der Waals surface area contributed by atoms with E-state index in [0.717, 1.165) is 12.4 Å². The largest absolute Gasteiger partial charge is 0.444 e. The Morgan fingerprint density at radius 1 is 1.04 bits per heavy atom. The van der Waals surface area contributed by atoms with Gasteiger partial charge < -0.3 is 25.4 Å². The molecule has 0 radical (unpaired) electrons. The van der Waals surface area contributed by atoms with Crippen molar-refractivity contribution in [2.75, 3.05) is 33.8 Å². The summed E-state index contributed by atoms with van der Waals surface area (Å²) in [7, 11) is 3.45. The third-order valence-electron chi connectivity index (χ3n) is 3.24. The van der Waals surface area contributed by atoms with Crippen molar-refractivity contribution in [2.45, 2.75) is 59.7 Å². The Labute approximate surface area is 170 Å². The van der Waals surface area contributed by atoms with E-state index in [0.29, 0.717) is 19.6 Å². The smallest absolute Gasteiger partial charge is 0.407 e. The van der Waals surface area contributed by atoms with Crippen LogP contribution in [0.5, 0.6) is 0 Å². The molecule has 0 aliphatic carbocycles. The minimum absolute atomic E-state index is 0. The van der Waals surface area contributed by atoms with Gasteiger partial charge in [0.15, 0.2) is 5.96 Å². The van der Waals surface area contributed by atoms with Crippen LogP contribution in [0.3, 0.4) is 0 Å². The molecule has 0 aromatic rings. The molecule has 1 amide bonds. The molecule has 0 aliphatic heterocycles. The lowest BCUT2D eigenvalue weighted by Crippen LogP contribution is -2.45. The number of halogens is 1. The third kappa shape index (κ3) is 14.1. The molecule has 0 saturated heterocycles. The minimum atomic E-state index is -0.473. The number of hydrogen-bond donors (Lipinski definition) is 3. The van der Waals surface area contributed by atoms with Crippen LogP contribution in [-0.2, 0) is 9.47 Å². The monoisotopic (exact) mass is 472 g/mol. The van der Waals surface area contributed by atoms with E-state index in [1.807, 2.05) is 20.8 Å². The highest BCUT2D eigenvalue weighted by molar-refractivity contribution is 14.0. The fraction of sp³-hybridized carbons (Fsp3) is 0.882. The molecule has 0 saturated carbocycles. The standard InChI is InChI=1S/C17H36N4O3.HI/c1-16(2,3)13(23-8)12-21-14(18-7)19-10-9-11-20-15(22)24-17(4,5)6;/h13H,9-12H2,1-8H3,(H,20,22)(H2,18,19,21);1H. The van der Waals surface area contributed by atoms with Crippen LogP contribution >= 0.6 is 24.0 Å². The number of rotatable bonds is 7. The zero-order chi connectivity index (χ0) is 18.8. The molecular weight excluding hydrogens is 435 g/mol. The first-order valence-corrected chi connectivity index (χ1v) is 8.43. The lowest BCUT2D eigenvalue weighted by Gasteiger charge is -2.30. The number of hydrogen-bond acceptors (Lipinski definition) is 4. The Bertz CT molecular complexity index is 404. The van der Waals surface area contributed by atoms with Gasteiger partial charge in [-0.1, -0.05) is 20.8 Å². The maximum Gasteiger partial charge on any atom is 0.407 e. The highest BCUT2D eigenvalue weighted by atomic mass is 127. The lowest BCUT2D eigenvalue weighted by atomic mass is 9.89. The molecule has 0 bridgehead atoms. The summed E-state index contributed by atoms with van der Waals surface area (Å²) >= 11 is 0. The van der Waals surface area contributed by atoms with E-state index in [1.165, 1.54) is 0 Å². The Morgan fingerprint density at radius 3 is 2.04 bits per heavy atom. The second kappa shape index (κ2) is 12.6. The summed E-state index contributed by atoms with van der Waals surface area (Å²) in [5.74, 6) is 0.721. The molecular formula is C17H37IN4O3. The van der Waals surface area contributed by atoms with Crippen LogP contribution in [0.1, 0.15) is 48.0 Å². The molecule has 0 fully saturated rings. The summed E-state index contributed by atoms with van der Waals surface area (Å²) in [6.07, 6.45) is 0.468. The van der Waals surface area contributed by atoms with E-state index in [1.54, 1.807) is 14.2 Å². The molecule has 1 unspecified atom stereocenters. The SMILES string of the molecule is CN=C(NCCCNC(=O)OC(C)(C)C)NCC(OC)C(C)(C)C.I. The van der Waals surface area contributed by atoms with Gasteiger partial charge in [-0.2, -0.15) is 0 Å². The number of nitrogens with zero attached hydrogens (tertiary/aromatic N) is 1. The summed E-state index contributed by atoms with van der Waals surface area (Å²) in [5, 5.41) is 9.20. The van der Waals surface area contributed by atoms with Crippen molar-refractivity contribution in [3.8, 4) is 0 Å². The Kier molecular flexibility index (Phi) is 13.3. The van der Waals surface area contributed by atoms with Gasteiger partial charge in [-0.15, -0.1) is 24.0 Å². The van der Waals surface area contributed by atoms with E-state index >= 15 is 0 Å². The number of ether oxygens (including phenoxy) is 2. The molecule has 0 rings (SSSR count). The number of amides is 1. The zero-order valence-corrected chi connectivity index (χ0v) is 19.3. The average molecular weight is 472 g/mol. The van der Waals surface area contributed by atoms with Gasteiger partial charge >= 0.3 is 6.09 Å². The number of carbonyl (C=O) groups is 1. The fourth-order valence-electron chi connectivity index (χ4n) is 1.95. The first-order chi connectivity index (χ1) is 11.0.